The number of rotatable bonds is 44. The second-order valence-corrected chi connectivity index (χ2v) is 29.5. The number of nitrogens with two attached hydrogens (primary N) is 2. The highest BCUT2D eigenvalue weighted by Gasteiger charge is 2.20. The van der Waals surface area contributed by atoms with Crippen LogP contribution in [-0.2, 0) is 52.3 Å². The third-order valence-electron chi connectivity index (χ3n) is 9.76. The highest BCUT2D eigenvalue weighted by molar-refractivity contribution is 6.76. The second kappa shape index (κ2) is 38.6. The average Bonchev–Trinajstić information content (AvgIpc) is 3.19. The summed E-state index contributed by atoms with van der Waals surface area (Å²) in [6.07, 6.45) is 9.26. The van der Waals surface area contributed by atoms with Gasteiger partial charge in [0.2, 0.25) is 5.91 Å². The first kappa shape index (κ1) is 59.2. The van der Waals surface area contributed by atoms with Gasteiger partial charge in [-0.2, -0.15) is 0 Å². The number of ketones is 1. The number of hydrogen-bond donors (Lipinski definition) is 3. The summed E-state index contributed by atoms with van der Waals surface area (Å²) in [7, 11) is -2.59. The number of nitrogens with zero attached hydrogens (tertiary/aromatic N) is 1. The predicted molar refractivity (Wildman–Crippen MR) is 248 cm³/mol. The van der Waals surface area contributed by atoms with Gasteiger partial charge in [-0.3, -0.25) is 19.2 Å². The average molecular weight is 907 g/mol. The number of carbonyl (C=O) groups excluding carboxylic acids is 4. The largest absolute Gasteiger partial charge is 0.465 e. The van der Waals surface area contributed by atoms with E-state index in [0.29, 0.717) is 98.5 Å². The van der Waals surface area contributed by atoms with E-state index in [1.807, 2.05) is 0 Å². The highest BCUT2D eigenvalue weighted by atomic mass is 28.3. The van der Waals surface area contributed by atoms with Crippen LogP contribution in [0.2, 0.25) is 51.4 Å². The first-order valence-electron chi connectivity index (χ1n) is 23.3. The monoisotopic (exact) mass is 907 g/mol. The first-order chi connectivity index (χ1) is 29.0. The Kier molecular flexibility index (Phi) is 37.5. The Balaban J connectivity index is 4.42. The molecule has 1 amide bonds. The van der Waals surface area contributed by atoms with Crippen LogP contribution < -0.4 is 16.8 Å². The third kappa shape index (κ3) is 41.9. The van der Waals surface area contributed by atoms with Crippen molar-refractivity contribution < 1.29 is 52.3 Å². The molecule has 0 spiro atoms. The predicted octanol–water partition coefficient (Wildman–Crippen LogP) is 5.57. The number of nitrogens with one attached hydrogen (secondary N) is 1. The van der Waals surface area contributed by atoms with Crippen molar-refractivity contribution in [2.24, 2.45) is 11.5 Å². The van der Waals surface area contributed by atoms with Crippen LogP contribution >= 0.6 is 0 Å². The quantitative estimate of drug-likeness (QED) is 0.0390. The number of hydrogen-bond acceptors (Lipinski definition) is 14. The SMILES string of the molecule is CCCOCCOCCOCCOCCOCCN(CCCCCCC(=O)CC[C@H](N)C(=O)OCC[Si](C)(C)C)CCCCCNC(=O)CC[C@H](N)C(=O)OCC[Si](C)(C)C. The Morgan fingerprint density at radius 3 is 1.41 bits per heavy atom. The van der Waals surface area contributed by atoms with Crippen LogP contribution in [0.15, 0.2) is 0 Å². The molecule has 0 heterocycles. The molecule has 0 aromatic carbocycles. The van der Waals surface area contributed by atoms with Crippen LogP contribution in [-0.4, -0.2) is 162 Å². The zero-order valence-corrected chi connectivity index (χ0v) is 41.7. The summed E-state index contributed by atoms with van der Waals surface area (Å²) in [6.45, 7) is 25.1. The molecule has 5 N–H and O–H groups in total. The van der Waals surface area contributed by atoms with Gasteiger partial charge in [0.25, 0.3) is 0 Å². The van der Waals surface area contributed by atoms with Gasteiger partial charge in [0.05, 0.1) is 72.7 Å². The van der Waals surface area contributed by atoms with Crippen molar-refractivity contribution in [1.29, 1.82) is 0 Å². The van der Waals surface area contributed by atoms with E-state index in [1.54, 1.807) is 0 Å². The van der Waals surface area contributed by atoms with Gasteiger partial charge < -0.3 is 54.8 Å². The molecule has 0 aromatic rings. The summed E-state index contributed by atoms with van der Waals surface area (Å²) in [5, 5.41) is 2.95. The molecule has 360 valence electrons. The minimum atomic E-state index is -1.30. The molecule has 17 heteroatoms. The van der Waals surface area contributed by atoms with Crippen molar-refractivity contribution in [2.75, 3.05) is 105 Å². The van der Waals surface area contributed by atoms with Gasteiger partial charge in [-0.05, 0) is 70.1 Å². The van der Waals surface area contributed by atoms with Gasteiger partial charge in [0, 0.05) is 55.1 Å². The van der Waals surface area contributed by atoms with Gasteiger partial charge in [0.15, 0.2) is 0 Å². The Bertz CT molecular complexity index is 1050. The van der Waals surface area contributed by atoms with Crippen molar-refractivity contribution in [2.45, 2.75) is 154 Å². The van der Waals surface area contributed by atoms with Gasteiger partial charge in [-0.25, -0.2) is 0 Å². The Morgan fingerprint density at radius 1 is 0.508 bits per heavy atom. The molecule has 61 heavy (non-hydrogen) atoms. The van der Waals surface area contributed by atoms with Crippen LogP contribution in [0.3, 0.4) is 0 Å². The fraction of sp³-hybridized carbons (Fsp3) is 0.909. The molecule has 0 aromatic heterocycles. The second-order valence-electron chi connectivity index (χ2n) is 18.3. The lowest BCUT2D eigenvalue weighted by molar-refractivity contribution is -0.145. The molecular weight excluding hydrogens is 817 g/mol. The van der Waals surface area contributed by atoms with E-state index in [9.17, 15) is 19.2 Å². The molecule has 0 saturated heterocycles. The summed E-state index contributed by atoms with van der Waals surface area (Å²) in [5.74, 6) is -0.812. The van der Waals surface area contributed by atoms with Crippen molar-refractivity contribution in [3.63, 3.8) is 0 Å². The highest BCUT2D eigenvalue weighted by Crippen LogP contribution is 2.12. The smallest absolute Gasteiger partial charge is 0.322 e. The Morgan fingerprint density at radius 2 is 0.934 bits per heavy atom. The van der Waals surface area contributed by atoms with Crippen molar-refractivity contribution in [1.82, 2.24) is 10.2 Å². The van der Waals surface area contributed by atoms with Crippen molar-refractivity contribution >= 4 is 39.8 Å². The zero-order chi connectivity index (χ0) is 45.6. The van der Waals surface area contributed by atoms with Crippen molar-refractivity contribution in [3.8, 4) is 0 Å². The molecule has 0 aliphatic rings. The minimum Gasteiger partial charge on any atom is -0.465 e. The van der Waals surface area contributed by atoms with Gasteiger partial charge >= 0.3 is 11.9 Å². The van der Waals surface area contributed by atoms with Crippen LogP contribution in [0.4, 0.5) is 0 Å². The number of amides is 1. The molecule has 0 rings (SSSR count). The lowest BCUT2D eigenvalue weighted by Crippen LogP contribution is -2.35. The fourth-order valence-corrected chi connectivity index (χ4v) is 7.14. The molecule has 15 nitrogen and oxygen atoms in total. The maximum absolute atomic E-state index is 12.5. The van der Waals surface area contributed by atoms with E-state index in [2.05, 4.69) is 56.4 Å². The molecule has 0 fully saturated rings. The van der Waals surface area contributed by atoms with Gasteiger partial charge in [-0.1, -0.05) is 65.5 Å². The number of unbranched alkanes of at least 4 members (excludes halogenated alkanes) is 5. The Labute approximate surface area is 372 Å². The zero-order valence-electron chi connectivity index (χ0n) is 39.7. The third-order valence-corrected chi connectivity index (χ3v) is 13.2. The van der Waals surface area contributed by atoms with E-state index >= 15 is 0 Å². The molecule has 0 aliphatic carbocycles. The topological polar surface area (TPSA) is 200 Å². The maximum Gasteiger partial charge on any atom is 0.322 e. The number of carbonyl (C=O) groups is 4. The van der Waals surface area contributed by atoms with E-state index in [4.69, 9.17) is 44.6 Å². The van der Waals surface area contributed by atoms with E-state index < -0.39 is 40.2 Å². The summed E-state index contributed by atoms with van der Waals surface area (Å²) in [5.41, 5.74) is 11.9. The van der Waals surface area contributed by atoms with Gasteiger partial charge in [-0.15, -0.1) is 0 Å². The summed E-state index contributed by atoms with van der Waals surface area (Å²) < 4.78 is 38.6. The van der Waals surface area contributed by atoms with E-state index in [-0.39, 0.29) is 24.5 Å². The van der Waals surface area contributed by atoms with E-state index in [1.165, 1.54) is 0 Å². The molecular formula is C44H90N4O11Si2. The normalized spacial score (nSPS) is 13.0. The van der Waals surface area contributed by atoms with Crippen LogP contribution in [0.1, 0.15) is 90.4 Å². The van der Waals surface area contributed by atoms with Crippen molar-refractivity contribution in [3.05, 3.63) is 0 Å². The molecule has 0 saturated carbocycles. The van der Waals surface area contributed by atoms with Crippen LogP contribution in [0.5, 0.6) is 0 Å². The standard InChI is InChI=1S/C44H90N4O11Si2/c1-8-25-53-27-29-55-31-33-57-34-32-56-30-28-54-26-24-48(22-14-10-9-12-16-39(49)17-18-40(45)43(51)58-35-37-60(2,3)4)23-15-11-13-21-47-42(50)20-19-41(46)44(52)59-36-38-61(5,6)7/h40-41H,8-38,45-46H2,1-7H3,(H,47,50)/t40-,41-/m0/s1. The van der Waals surface area contributed by atoms with Gasteiger partial charge in [0.1, 0.15) is 17.9 Å². The summed E-state index contributed by atoms with van der Waals surface area (Å²) in [6, 6.07) is 0.254. The molecule has 0 radical (unpaired) electrons. The molecule has 2 atom stereocenters. The fourth-order valence-electron chi connectivity index (χ4n) is 5.71. The summed E-state index contributed by atoms with van der Waals surface area (Å²) in [4.78, 5) is 51.6. The van der Waals surface area contributed by atoms with E-state index in [0.717, 1.165) is 89.7 Å². The molecule has 0 aliphatic heterocycles. The lowest BCUT2D eigenvalue weighted by Gasteiger charge is -2.22. The van der Waals surface area contributed by atoms with Crippen LogP contribution in [0.25, 0.3) is 0 Å². The molecule has 0 bridgehead atoms. The number of Topliss-reactive ketones (excluding diaryl/α,β-unsaturated/α-hetero) is 1. The number of esters is 2. The maximum atomic E-state index is 12.5. The lowest BCUT2D eigenvalue weighted by atomic mass is 10.0. The van der Waals surface area contributed by atoms with Crippen LogP contribution in [0, 0.1) is 0 Å². The summed E-state index contributed by atoms with van der Waals surface area (Å²) >= 11 is 0. The molecule has 0 unspecified atom stereocenters. The Hall–Kier alpha value is -1.81. The minimum absolute atomic E-state index is 0.104. The number of ether oxygens (including phenoxy) is 7. The first-order valence-corrected chi connectivity index (χ1v) is 30.7.